The summed E-state index contributed by atoms with van der Waals surface area (Å²) in [6, 6.07) is 5.84. The molecule has 3 rings (SSSR count). The maximum Gasteiger partial charge on any atom is 0.138 e. The summed E-state index contributed by atoms with van der Waals surface area (Å²) in [5, 5.41) is 3.41. The van der Waals surface area contributed by atoms with Crippen LogP contribution in [-0.4, -0.2) is 22.5 Å². The second-order valence-electron chi connectivity index (χ2n) is 4.39. The molecule has 16 heavy (non-hydrogen) atoms. The topological polar surface area (TPSA) is 55.3 Å². The van der Waals surface area contributed by atoms with Crippen LogP contribution in [0.4, 0.5) is 5.82 Å². The van der Waals surface area contributed by atoms with Gasteiger partial charge in [-0.2, -0.15) is 0 Å². The number of nitrogens with two attached hydrogens (primary N) is 1. The zero-order valence-corrected chi connectivity index (χ0v) is 9.19. The Balaban J connectivity index is 2.01. The van der Waals surface area contributed by atoms with Crippen molar-refractivity contribution in [3.63, 3.8) is 0 Å². The highest BCUT2D eigenvalue weighted by atomic mass is 15.1. The maximum absolute atomic E-state index is 5.91. The molecule has 4 nitrogen and oxygen atoms in total. The molecule has 0 saturated carbocycles. The zero-order chi connectivity index (χ0) is 11.0. The van der Waals surface area contributed by atoms with Crippen LogP contribution in [0.3, 0.4) is 0 Å². The molecule has 1 unspecified atom stereocenters. The van der Waals surface area contributed by atoms with Gasteiger partial charge < -0.3 is 11.1 Å². The standard InChI is InChI=1S/C12H16N4/c13-11-4-1-5-12-15-10(8-16(11)12)9-3-2-6-14-7-9/h1,4-5,8-9,14H,2-3,6-7,13H2. The minimum atomic E-state index is 0.535. The van der Waals surface area contributed by atoms with Gasteiger partial charge in [0.15, 0.2) is 0 Å². The molecule has 0 aromatic carbocycles. The monoisotopic (exact) mass is 216 g/mol. The van der Waals surface area contributed by atoms with E-state index in [9.17, 15) is 0 Å². The van der Waals surface area contributed by atoms with E-state index in [0.29, 0.717) is 5.92 Å². The smallest absolute Gasteiger partial charge is 0.138 e. The molecule has 1 aliphatic heterocycles. The molecule has 3 N–H and O–H groups in total. The Kier molecular flexibility index (Phi) is 2.29. The summed E-state index contributed by atoms with van der Waals surface area (Å²) in [5.41, 5.74) is 8.01. The fraction of sp³-hybridized carbons (Fsp3) is 0.417. The van der Waals surface area contributed by atoms with Gasteiger partial charge in [0.2, 0.25) is 0 Å². The number of nitrogen functional groups attached to an aromatic ring is 1. The van der Waals surface area contributed by atoms with E-state index in [1.54, 1.807) is 0 Å². The Bertz CT molecular complexity index is 497. The lowest BCUT2D eigenvalue weighted by Gasteiger charge is -2.20. The van der Waals surface area contributed by atoms with E-state index < -0.39 is 0 Å². The summed E-state index contributed by atoms with van der Waals surface area (Å²) >= 11 is 0. The first-order valence-electron chi connectivity index (χ1n) is 5.79. The predicted molar refractivity (Wildman–Crippen MR) is 64.4 cm³/mol. The lowest BCUT2D eigenvalue weighted by Crippen LogP contribution is -2.28. The van der Waals surface area contributed by atoms with E-state index >= 15 is 0 Å². The molecule has 1 aliphatic rings. The maximum atomic E-state index is 5.91. The number of anilines is 1. The van der Waals surface area contributed by atoms with Gasteiger partial charge in [0.05, 0.1) is 5.69 Å². The first-order valence-corrected chi connectivity index (χ1v) is 5.79. The van der Waals surface area contributed by atoms with Crippen LogP contribution < -0.4 is 11.1 Å². The molecule has 2 aromatic rings. The summed E-state index contributed by atoms with van der Waals surface area (Å²) in [6.07, 6.45) is 4.52. The lowest BCUT2D eigenvalue weighted by atomic mass is 9.97. The van der Waals surface area contributed by atoms with Crippen LogP contribution in [0.5, 0.6) is 0 Å². The number of nitrogens with one attached hydrogen (secondary N) is 1. The molecule has 0 spiro atoms. The van der Waals surface area contributed by atoms with Crippen molar-refractivity contribution in [1.29, 1.82) is 0 Å². The number of imidazole rings is 1. The van der Waals surface area contributed by atoms with Gasteiger partial charge in [-0.25, -0.2) is 4.98 Å². The van der Waals surface area contributed by atoms with Crippen molar-refractivity contribution in [3.8, 4) is 0 Å². The van der Waals surface area contributed by atoms with Gasteiger partial charge in [-0.05, 0) is 31.5 Å². The van der Waals surface area contributed by atoms with Crippen LogP contribution in [0.1, 0.15) is 24.5 Å². The molecule has 1 atom stereocenters. The van der Waals surface area contributed by atoms with Crippen molar-refractivity contribution in [3.05, 3.63) is 30.1 Å². The van der Waals surface area contributed by atoms with Crippen LogP contribution in [-0.2, 0) is 0 Å². The molecule has 0 aliphatic carbocycles. The van der Waals surface area contributed by atoms with Gasteiger partial charge >= 0.3 is 0 Å². The number of nitrogens with zero attached hydrogens (tertiary/aromatic N) is 2. The van der Waals surface area contributed by atoms with Crippen molar-refractivity contribution in [2.24, 2.45) is 0 Å². The number of pyridine rings is 1. The average molecular weight is 216 g/mol. The normalized spacial score (nSPS) is 21.4. The average Bonchev–Trinajstić information content (AvgIpc) is 2.76. The van der Waals surface area contributed by atoms with E-state index in [1.165, 1.54) is 12.8 Å². The molecule has 3 heterocycles. The highest BCUT2D eigenvalue weighted by Gasteiger charge is 2.18. The second-order valence-corrected chi connectivity index (χ2v) is 4.39. The molecule has 2 aromatic heterocycles. The first-order chi connectivity index (χ1) is 7.84. The van der Waals surface area contributed by atoms with E-state index in [0.717, 1.165) is 30.2 Å². The summed E-state index contributed by atoms with van der Waals surface area (Å²) in [7, 11) is 0. The van der Waals surface area contributed by atoms with Crippen LogP contribution >= 0.6 is 0 Å². The molecule has 0 radical (unpaired) electrons. The van der Waals surface area contributed by atoms with Crippen LogP contribution in [0.2, 0.25) is 0 Å². The SMILES string of the molecule is Nc1cccc2nc(C3CCCNC3)cn12. The fourth-order valence-electron chi connectivity index (χ4n) is 2.35. The van der Waals surface area contributed by atoms with Gasteiger partial charge in [0.25, 0.3) is 0 Å². The Morgan fingerprint density at radius 1 is 1.44 bits per heavy atom. The van der Waals surface area contributed by atoms with Crippen LogP contribution in [0.15, 0.2) is 24.4 Å². The largest absolute Gasteiger partial charge is 0.385 e. The fourth-order valence-corrected chi connectivity index (χ4v) is 2.35. The molecule has 0 bridgehead atoms. The number of fused-ring (bicyclic) bond motifs is 1. The number of hydrogen-bond acceptors (Lipinski definition) is 3. The molecule has 4 heteroatoms. The van der Waals surface area contributed by atoms with Gasteiger partial charge in [0, 0.05) is 18.7 Å². The third kappa shape index (κ3) is 1.55. The van der Waals surface area contributed by atoms with Gasteiger partial charge in [0.1, 0.15) is 11.5 Å². The quantitative estimate of drug-likeness (QED) is 0.757. The van der Waals surface area contributed by atoms with Gasteiger partial charge in [-0.3, -0.25) is 4.40 Å². The number of piperidine rings is 1. The minimum absolute atomic E-state index is 0.535. The van der Waals surface area contributed by atoms with E-state index in [-0.39, 0.29) is 0 Å². The Hall–Kier alpha value is -1.55. The lowest BCUT2D eigenvalue weighted by molar-refractivity contribution is 0.456. The highest BCUT2D eigenvalue weighted by Crippen LogP contribution is 2.23. The summed E-state index contributed by atoms with van der Waals surface area (Å²) in [4.78, 5) is 4.64. The summed E-state index contributed by atoms with van der Waals surface area (Å²) in [5.74, 6) is 1.29. The third-order valence-corrected chi connectivity index (χ3v) is 3.26. The van der Waals surface area contributed by atoms with E-state index in [4.69, 9.17) is 5.73 Å². The summed E-state index contributed by atoms with van der Waals surface area (Å²) < 4.78 is 1.96. The molecular formula is C12H16N4. The third-order valence-electron chi connectivity index (χ3n) is 3.26. The highest BCUT2D eigenvalue weighted by molar-refractivity contribution is 5.49. The Morgan fingerprint density at radius 3 is 3.12 bits per heavy atom. The Morgan fingerprint density at radius 2 is 2.38 bits per heavy atom. The summed E-state index contributed by atoms with van der Waals surface area (Å²) in [6.45, 7) is 2.16. The molecule has 1 fully saturated rings. The molecule has 0 amide bonds. The number of rotatable bonds is 1. The van der Waals surface area contributed by atoms with Crippen molar-refractivity contribution in [2.75, 3.05) is 18.8 Å². The van der Waals surface area contributed by atoms with E-state index in [2.05, 4.69) is 16.5 Å². The van der Waals surface area contributed by atoms with Crippen molar-refractivity contribution < 1.29 is 0 Å². The van der Waals surface area contributed by atoms with Crippen molar-refractivity contribution in [2.45, 2.75) is 18.8 Å². The van der Waals surface area contributed by atoms with Gasteiger partial charge in [-0.15, -0.1) is 0 Å². The molecule has 1 saturated heterocycles. The number of aromatic nitrogens is 2. The zero-order valence-electron chi connectivity index (χ0n) is 9.19. The van der Waals surface area contributed by atoms with Gasteiger partial charge in [-0.1, -0.05) is 6.07 Å². The minimum Gasteiger partial charge on any atom is -0.385 e. The predicted octanol–water partition coefficient (Wildman–Crippen LogP) is 1.38. The van der Waals surface area contributed by atoms with Crippen molar-refractivity contribution in [1.82, 2.24) is 14.7 Å². The molecule has 84 valence electrons. The first kappa shape index (κ1) is 9.66. The van der Waals surface area contributed by atoms with Crippen molar-refractivity contribution >= 4 is 11.5 Å². The number of hydrogen-bond donors (Lipinski definition) is 2. The Labute approximate surface area is 94.5 Å². The van der Waals surface area contributed by atoms with Crippen LogP contribution in [0.25, 0.3) is 5.65 Å². The van der Waals surface area contributed by atoms with Crippen LogP contribution in [0, 0.1) is 0 Å². The second kappa shape index (κ2) is 3.79. The molecular weight excluding hydrogens is 200 g/mol. The van der Waals surface area contributed by atoms with E-state index in [1.807, 2.05) is 22.6 Å².